The van der Waals surface area contributed by atoms with E-state index < -0.39 is 22.3 Å². The van der Waals surface area contributed by atoms with E-state index in [0.717, 1.165) is 12.8 Å². The van der Waals surface area contributed by atoms with E-state index in [4.69, 9.17) is 20.3 Å². The van der Waals surface area contributed by atoms with Gasteiger partial charge in [-0.05, 0) is 73.9 Å². The van der Waals surface area contributed by atoms with Gasteiger partial charge in [-0.15, -0.1) is 0 Å². The van der Waals surface area contributed by atoms with Gasteiger partial charge in [-0.2, -0.15) is 28.2 Å². The summed E-state index contributed by atoms with van der Waals surface area (Å²) in [5.41, 5.74) is 7.35. The first-order chi connectivity index (χ1) is 23.6. The third-order valence-electron chi connectivity index (χ3n) is 9.12. The van der Waals surface area contributed by atoms with E-state index in [-0.39, 0.29) is 45.4 Å². The van der Waals surface area contributed by atoms with Crippen molar-refractivity contribution in [2.75, 3.05) is 36.9 Å². The lowest BCUT2D eigenvalue weighted by Crippen LogP contribution is -2.41. The maximum atomic E-state index is 14.9. The Morgan fingerprint density at radius 2 is 1.78 bits per heavy atom. The number of nitrogens with one attached hydrogen (secondary N) is 1. The lowest BCUT2D eigenvalue weighted by atomic mass is 9.76. The number of halogens is 3. The molecule has 0 bridgehead atoms. The summed E-state index contributed by atoms with van der Waals surface area (Å²) in [6, 6.07) is 12.6. The second-order valence-corrected chi connectivity index (χ2v) is 14.1. The molecule has 0 radical (unpaired) electrons. The van der Waals surface area contributed by atoms with Crippen LogP contribution in [0.15, 0.2) is 65.7 Å². The number of aryl methyl sites for hydroxylation is 1. The lowest BCUT2D eigenvalue weighted by Gasteiger charge is -2.39. The highest BCUT2D eigenvalue weighted by Gasteiger charge is 2.46. The number of hydrogen-bond donors (Lipinski definition) is 3. The van der Waals surface area contributed by atoms with Gasteiger partial charge < -0.3 is 25.4 Å². The van der Waals surface area contributed by atoms with Crippen LogP contribution in [-0.4, -0.2) is 72.6 Å². The number of anilines is 2. The Labute approximate surface area is 286 Å². The number of carbonyl (C=O) groups excluding carboxylic acids is 1. The number of hydrogen-bond acceptors (Lipinski definition) is 11. The zero-order valence-corrected chi connectivity index (χ0v) is 28.2. The third-order valence-corrected chi connectivity index (χ3v) is 10.0. The van der Waals surface area contributed by atoms with Crippen LogP contribution in [0.1, 0.15) is 43.5 Å². The number of ether oxygens (including phenoxy) is 2. The number of primary sulfonamides is 1. The molecule has 2 saturated heterocycles. The summed E-state index contributed by atoms with van der Waals surface area (Å²) in [5.74, 6) is -0.539. The predicted octanol–water partition coefficient (Wildman–Crippen LogP) is 4.06. The van der Waals surface area contributed by atoms with E-state index >= 15 is 0 Å². The Morgan fingerprint density at radius 3 is 2.40 bits per heavy atom. The largest absolute Gasteiger partial charge is 0.465 e. The van der Waals surface area contributed by atoms with Gasteiger partial charge in [0.05, 0.1) is 22.9 Å². The number of nitrogens with zero attached hydrogens (tertiary/aromatic N) is 5. The van der Waals surface area contributed by atoms with Gasteiger partial charge in [0.2, 0.25) is 28.0 Å². The van der Waals surface area contributed by atoms with Crippen molar-refractivity contribution in [3.8, 4) is 22.7 Å². The molecule has 4 aromatic rings. The van der Waals surface area contributed by atoms with Crippen molar-refractivity contribution >= 4 is 27.8 Å². The van der Waals surface area contributed by atoms with Crippen LogP contribution in [0.3, 0.4) is 0 Å². The summed E-state index contributed by atoms with van der Waals surface area (Å²) in [5, 5.41) is 12.8. The highest BCUT2D eigenvalue weighted by Crippen LogP contribution is 2.43. The van der Waals surface area contributed by atoms with E-state index in [1.165, 1.54) is 59.4 Å². The summed E-state index contributed by atoms with van der Waals surface area (Å²) < 4.78 is 80.3. The predicted molar refractivity (Wildman–Crippen MR) is 178 cm³/mol. The average Bonchev–Trinajstić information content (AvgIpc) is 3.69. The van der Waals surface area contributed by atoms with E-state index in [1.807, 2.05) is 4.90 Å². The number of alkyl halides is 3. The molecule has 50 heavy (non-hydrogen) atoms. The van der Waals surface area contributed by atoms with E-state index in [2.05, 4.69) is 20.4 Å². The number of benzene rings is 2. The van der Waals surface area contributed by atoms with Gasteiger partial charge in [0.25, 0.3) is 0 Å². The summed E-state index contributed by atoms with van der Waals surface area (Å²) in [7, 11) is -3.94. The van der Waals surface area contributed by atoms with Crippen molar-refractivity contribution in [3.05, 3.63) is 72.1 Å². The van der Waals surface area contributed by atoms with Crippen LogP contribution in [-0.2, 0) is 19.6 Å². The van der Waals surface area contributed by atoms with Crippen molar-refractivity contribution in [3.63, 3.8) is 0 Å². The summed E-state index contributed by atoms with van der Waals surface area (Å²) in [6.45, 7) is 5.52. The third kappa shape index (κ3) is 7.53. The second-order valence-electron chi connectivity index (χ2n) is 12.6. The standard InChI is InChI=1S/C33H37F3N8O5S/c1-3-48-30(45)25-18-32(19-39-25)11-14-43(15-12-32)27-17-28(41-31(37)40-27)49-29(33(34,35)36)24-9-6-22(16-26(24)44-13-10-20(2)42-44)21-4-7-23(8-5-21)50(38,46)47/h4-10,13,16-17,25,29,39H,3,11-12,14-15,18-19H2,1-2H3,(H2,37,40,41)(H2,38,46,47)/t25?,29-/m1/s1. The zero-order valence-electron chi connectivity index (χ0n) is 27.4. The first-order valence-electron chi connectivity index (χ1n) is 16.0. The quantitative estimate of drug-likeness (QED) is 0.213. The minimum absolute atomic E-state index is 0.0864. The van der Waals surface area contributed by atoms with Crippen LogP contribution in [0.25, 0.3) is 16.8 Å². The fourth-order valence-electron chi connectivity index (χ4n) is 6.53. The van der Waals surface area contributed by atoms with Crippen LogP contribution in [0.5, 0.6) is 5.88 Å². The molecule has 4 heterocycles. The van der Waals surface area contributed by atoms with Gasteiger partial charge >= 0.3 is 12.1 Å². The SMILES string of the molecule is CCOC(=O)C1CC2(CCN(c3cc(O[C@H](c4ccc(-c5ccc(S(N)(=O)=O)cc5)cc4-n4ccc(C)n4)C(F)(F)F)nc(N)n3)CC2)CN1. The molecule has 0 amide bonds. The van der Waals surface area contributed by atoms with Crippen molar-refractivity contribution in [1.29, 1.82) is 0 Å². The van der Waals surface area contributed by atoms with Gasteiger partial charge in [0, 0.05) is 37.5 Å². The van der Waals surface area contributed by atoms with Crippen LogP contribution in [0.2, 0.25) is 0 Å². The average molecular weight is 715 g/mol. The molecule has 6 rings (SSSR count). The first-order valence-corrected chi connectivity index (χ1v) is 17.5. The Kier molecular flexibility index (Phi) is 9.49. The first kappa shape index (κ1) is 35.1. The van der Waals surface area contributed by atoms with E-state index in [9.17, 15) is 26.4 Å². The summed E-state index contributed by atoms with van der Waals surface area (Å²) >= 11 is 0. The topological polar surface area (TPSA) is 181 Å². The van der Waals surface area contributed by atoms with Crippen molar-refractivity contribution in [2.45, 2.75) is 56.3 Å². The Bertz CT molecular complexity index is 1980. The molecule has 2 aliphatic heterocycles. The molecule has 13 nitrogen and oxygen atoms in total. The number of rotatable bonds is 9. The molecule has 1 unspecified atom stereocenters. The summed E-state index contributed by atoms with van der Waals surface area (Å²) in [6.07, 6.45) is -3.73. The van der Waals surface area contributed by atoms with Gasteiger partial charge in [-0.1, -0.05) is 24.3 Å². The van der Waals surface area contributed by atoms with Gasteiger partial charge in [-0.3, -0.25) is 4.79 Å². The Hall–Kier alpha value is -4.74. The summed E-state index contributed by atoms with van der Waals surface area (Å²) in [4.78, 5) is 22.4. The lowest BCUT2D eigenvalue weighted by molar-refractivity contribution is -0.198. The molecule has 266 valence electrons. The molecule has 2 fully saturated rings. The maximum absolute atomic E-state index is 14.9. The van der Waals surface area contributed by atoms with E-state index in [1.54, 1.807) is 19.9 Å². The Balaban J connectivity index is 1.28. The smallest absolute Gasteiger partial charge is 0.429 e. The molecule has 2 aliphatic rings. The van der Waals surface area contributed by atoms with Crippen LogP contribution < -0.4 is 25.8 Å². The number of piperidine rings is 1. The van der Waals surface area contributed by atoms with Crippen molar-refractivity contribution < 1.29 is 35.9 Å². The molecule has 0 aliphatic carbocycles. The molecular formula is C33H37F3N8O5S. The molecule has 1 spiro atoms. The highest BCUT2D eigenvalue weighted by atomic mass is 32.2. The van der Waals surface area contributed by atoms with Crippen LogP contribution >= 0.6 is 0 Å². The number of sulfonamides is 1. The molecular weight excluding hydrogens is 677 g/mol. The van der Waals surface area contributed by atoms with E-state index in [0.29, 0.717) is 55.3 Å². The zero-order chi connectivity index (χ0) is 35.8. The molecule has 2 atom stereocenters. The fraction of sp³-hybridized carbons (Fsp3) is 0.394. The van der Waals surface area contributed by atoms with Crippen LogP contribution in [0, 0.1) is 12.3 Å². The highest BCUT2D eigenvalue weighted by molar-refractivity contribution is 7.89. The molecule has 2 aromatic heterocycles. The Morgan fingerprint density at radius 1 is 1.08 bits per heavy atom. The normalized spacial score (nSPS) is 18.3. The molecule has 2 aromatic carbocycles. The maximum Gasteiger partial charge on any atom is 0.429 e. The number of esters is 1. The van der Waals surface area contributed by atoms with Crippen molar-refractivity contribution in [2.24, 2.45) is 10.6 Å². The number of aromatic nitrogens is 4. The fourth-order valence-corrected chi connectivity index (χ4v) is 7.04. The van der Waals surface area contributed by atoms with Crippen molar-refractivity contribution in [1.82, 2.24) is 25.1 Å². The number of nitrogens with two attached hydrogens (primary N) is 2. The minimum Gasteiger partial charge on any atom is -0.465 e. The van der Waals surface area contributed by atoms with Gasteiger partial charge in [0.15, 0.2) is 0 Å². The van der Waals surface area contributed by atoms with Gasteiger partial charge in [-0.25, -0.2) is 18.2 Å². The second kappa shape index (κ2) is 13.5. The number of nitrogen functional groups attached to an aromatic ring is 1. The monoisotopic (exact) mass is 714 g/mol. The van der Waals surface area contributed by atoms with Crippen LogP contribution in [0.4, 0.5) is 24.9 Å². The molecule has 5 N–H and O–H groups in total. The number of carbonyl (C=O) groups is 1. The molecule has 17 heteroatoms. The molecule has 0 saturated carbocycles. The minimum atomic E-state index is -4.89. The van der Waals surface area contributed by atoms with Gasteiger partial charge in [0.1, 0.15) is 11.9 Å².